The van der Waals surface area contributed by atoms with Gasteiger partial charge in [0.15, 0.2) is 5.76 Å². The maximum Gasteiger partial charge on any atom is 0.265 e. The van der Waals surface area contributed by atoms with Gasteiger partial charge in [0.25, 0.3) is 10.0 Å². The van der Waals surface area contributed by atoms with E-state index < -0.39 is 10.0 Å². The number of nitrogens with one attached hydrogen (secondary N) is 2. The molecule has 3 rings (SSSR count). The molecule has 0 spiro atoms. The number of ether oxygens (including phenoxy) is 1. The van der Waals surface area contributed by atoms with Gasteiger partial charge in [0.2, 0.25) is 5.91 Å². The fourth-order valence-corrected chi connectivity index (χ4v) is 4.10. The van der Waals surface area contributed by atoms with Gasteiger partial charge in [-0.05, 0) is 49.8 Å². The Hall–Kier alpha value is -3.59. The van der Waals surface area contributed by atoms with Crippen molar-refractivity contribution in [3.63, 3.8) is 0 Å². The molecule has 0 aliphatic heterocycles. The van der Waals surface area contributed by atoms with E-state index >= 15 is 0 Å². The monoisotopic (exact) mass is 441 g/mol. The van der Waals surface area contributed by atoms with E-state index in [2.05, 4.69) is 15.2 Å². The van der Waals surface area contributed by atoms with Crippen LogP contribution in [0.15, 0.2) is 51.9 Å². The molecule has 9 heteroatoms. The standard InChI is InChI=1S/C22H23N3O5S/c1-14-5-9-18(10-6-14)25-31(27,28)21-13-17(7-11-19(21)29-4)8-12-20-22(23-16(3)26)15(2)24-30-20/h5-13,25H,1-4H3,(H,23,26)/b12-8-. The van der Waals surface area contributed by atoms with E-state index in [1.807, 2.05) is 19.1 Å². The van der Waals surface area contributed by atoms with Crippen LogP contribution in [0.25, 0.3) is 12.2 Å². The summed E-state index contributed by atoms with van der Waals surface area (Å²) in [5.41, 5.74) is 3.06. The number of hydrogen-bond acceptors (Lipinski definition) is 6. The third kappa shape index (κ3) is 5.32. The highest BCUT2D eigenvalue weighted by molar-refractivity contribution is 7.92. The van der Waals surface area contributed by atoms with E-state index in [1.165, 1.54) is 20.1 Å². The maximum absolute atomic E-state index is 13.0. The summed E-state index contributed by atoms with van der Waals surface area (Å²) in [5, 5.41) is 6.52. The van der Waals surface area contributed by atoms with Gasteiger partial charge in [-0.15, -0.1) is 0 Å². The minimum atomic E-state index is -3.90. The largest absolute Gasteiger partial charge is 0.495 e. The fraction of sp³-hybridized carbons (Fsp3) is 0.182. The highest BCUT2D eigenvalue weighted by atomic mass is 32.2. The van der Waals surface area contributed by atoms with Crippen molar-refractivity contribution in [3.8, 4) is 5.75 Å². The molecule has 0 aliphatic carbocycles. The van der Waals surface area contributed by atoms with Crippen molar-refractivity contribution in [2.24, 2.45) is 0 Å². The Labute approximate surface area is 181 Å². The zero-order chi connectivity index (χ0) is 22.6. The number of carbonyl (C=O) groups is 1. The number of anilines is 2. The van der Waals surface area contributed by atoms with Crippen LogP contribution in [-0.4, -0.2) is 26.6 Å². The van der Waals surface area contributed by atoms with Gasteiger partial charge in [0.05, 0.1) is 7.11 Å². The number of carbonyl (C=O) groups excluding carboxylic acids is 1. The molecule has 0 saturated heterocycles. The first-order chi connectivity index (χ1) is 14.7. The molecule has 8 nitrogen and oxygen atoms in total. The SMILES string of the molecule is COc1ccc(/C=C\c2onc(C)c2NC(C)=O)cc1S(=O)(=O)Nc1ccc(C)cc1. The molecule has 0 bridgehead atoms. The summed E-state index contributed by atoms with van der Waals surface area (Å²) < 4.78 is 39.0. The lowest BCUT2D eigenvalue weighted by molar-refractivity contribution is -0.114. The van der Waals surface area contributed by atoms with Crippen LogP contribution in [0.2, 0.25) is 0 Å². The highest BCUT2D eigenvalue weighted by Gasteiger charge is 2.20. The summed E-state index contributed by atoms with van der Waals surface area (Å²) in [6, 6.07) is 11.8. The Morgan fingerprint density at radius 1 is 1.10 bits per heavy atom. The van der Waals surface area contributed by atoms with Crippen LogP contribution in [0, 0.1) is 13.8 Å². The van der Waals surface area contributed by atoms with Crippen molar-refractivity contribution < 1.29 is 22.5 Å². The van der Waals surface area contributed by atoms with Gasteiger partial charge >= 0.3 is 0 Å². The van der Waals surface area contributed by atoms with Gasteiger partial charge in [-0.1, -0.05) is 35.0 Å². The molecule has 2 aromatic carbocycles. The van der Waals surface area contributed by atoms with Gasteiger partial charge in [-0.2, -0.15) is 0 Å². The molecule has 162 valence electrons. The zero-order valence-electron chi connectivity index (χ0n) is 17.6. The lowest BCUT2D eigenvalue weighted by atomic mass is 10.2. The summed E-state index contributed by atoms with van der Waals surface area (Å²) >= 11 is 0. The summed E-state index contributed by atoms with van der Waals surface area (Å²) in [6.07, 6.45) is 3.27. The lowest BCUT2D eigenvalue weighted by Crippen LogP contribution is -2.14. The van der Waals surface area contributed by atoms with E-state index in [-0.39, 0.29) is 16.6 Å². The van der Waals surface area contributed by atoms with E-state index in [9.17, 15) is 13.2 Å². The Balaban J connectivity index is 1.93. The normalized spacial score (nSPS) is 11.5. The second kappa shape index (κ2) is 9.05. The Morgan fingerprint density at radius 3 is 2.45 bits per heavy atom. The van der Waals surface area contributed by atoms with Crippen molar-refractivity contribution in [2.75, 3.05) is 17.1 Å². The predicted octanol–water partition coefficient (Wildman–Crippen LogP) is 4.23. The predicted molar refractivity (Wildman–Crippen MR) is 119 cm³/mol. The molecule has 0 atom stereocenters. The molecule has 0 aliphatic rings. The van der Waals surface area contributed by atoms with E-state index in [0.717, 1.165) is 5.56 Å². The van der Waals surface area contributed by atoms with Crippen LogP contribution < -0.4 is 14.8 Å². The fourth-order valence-electron chi connectivity index (χ4n) is 2.84. The molecular weight excluding hydrogens is 418 g/mol. The number of benzene rings is 2. The minimum absolute atomic E-state index is 0.00596. The topological polar surface area (TPSA) is 111 Å². The van der Waals surface area contributed by atoms with E-state index in [1.54, 1.807) is 43.3 Å². The molecule has 1 amide bonds. The number of rotatable bonds is 7. The molecule has 0 unspecified atom stereocenters. The number of hydrogen-bond donors (Lipinski definition) is 2. The van der Waals surface area contributed by atoms with E-state index in [4.69, 9.17) is 9.26 Å². The number of sulfonamides is 1. The second-order valence-corrected chi connectivity index (χ2v) is 8.55. The quantitative estimate of drug-likeness (QED) is 0.568. The minimum Gasteiger partial charge on any atom is -0.495 e. The van der Waals surface area contributed by atoms with Crippen LogP contribution in [0.4, 0.5) is 11.4 Å². The van der Waals surface area contributed by atoms with Crippen LogP contribution in [-0.2, 0) is 14.8 Å². The van der Waals surface area contributed by atoms with Crippen LogP contribution in [0.5, 0.6) is 5.75 Å². The number of methoxy groups -OCH3 is 1. The lowest BCUT2D eigenvalue weighted by Gasteiger charge is -2.12. The highest BCUT2D eigenvalue weighted by Crippen LogP contribution is 2.29. The number of aryl methyl sites for hydroxylation is 2. The van der Waals surface area contributed by atoms with Gasteiger partial charge in [-0.25, -0.2) is 8.42 Å². The van der Waals surface area contributed by atoms with Gasteiger partial charge in [0, 0.05) is 12.6 Å². The molecule has 0 saturated carbocycles. The molecule has 31 heavy (non-hydrogen) atoms. The van der Waals surface area contributed by atoms with Crippen LogP contribution in [0.3, 0.4) is 0 Å². The molecule has 1 heterocycles. The summed E-state index contributed by atoms with van der Waals surface area (Å²) in [7, 11) is -2.49. The Bertz CT molecular complexity index is 1230. The molecule has 2 N–H and O–H groups in total. The Morgan fingerprint density at radius 2 is 1.81 bits per heavy atom. The first kappa shape index (κ1) is 22.1. The van der Waals surface area contributed by atoms with Crippen molar-refractivity contribution in [1.29, 1.82) is 0 Å². The van der Waals surface area contributed by atoms with Gasteiger partial charge in [0.1, 0.15) is 22.0 Å². The van der Waals surface area contributed by atoms with Crippen LogP contribution in [0.1, 0.15) is 29.5 Å². The summed E-state index contributed by atoms with van der Waals surface area (Å²) in [4.78, 5) is 11.4. The van der Waals surface area contributed by atoms with Gasteiger partial charge < -0.3 is 14.6 Å². The first-order valence-electron chi connectivity index (χ1n) is 9.39. The number of amides is 1. The molecular formula is C22H23N3O5S. The molecule has 1 aromatic heterocycles. The molecule has 3 aromatic rings. The average molecular weight is 442 g/mol. The second-order valence-electron chi connectivity index (χ2n) is 6.90. The Kier molecular flexibility index (Phi) is 6.45. The zero-order valence-corrected chi connectivity index (χ0v) is 18.4. The van der Waals surface area contributed by atoms with Crippen LogP contribution >= 0.6 is 0 Å². The summed E-state index contributed by atoms with van der Waals surface area (Å²) in [5.74, 6) is 0.317. The first-order valence-corrected chi connectivity index (χ1v) is 10.9. The third-order valence-corrected chi connectivity index (χ3v) is 5.80. The van der Waals surface area contributed by atoms with Crippen molar-refractivity contribution in [3.05, 3.63) is 65.0 Å². The van der Waals surface area contributed by atoms with Crippen molar-refractivity contribution in [2.45, 2.75) is 25.7 Å². The summed E-state index contributed by atoms with van der Waals surface area (Å²) in [6.45, 7) is 5.02. The number of nitrogens with zero attached hydrogens (tertiary/aromatic N) is 1. The maximum atomic E-state index is 13.0. The average Bonchev–Trinajstić information content (AvgIpc) is 3.06. The number of aromatic nitrogens is 1. The van der Waals surface area contributed by atoms with Gasteiger partial charge in [-0.3, -0.25) is 9.52 Å². The molecule has 0 radical (unpaired) electrons. The smallest absolute Gasteiger partial charge is 0.265 e. The molecule has 0 fully saturated rings. The third-order valence-electron chi connectivity index (χ3n) is 4.40. The van der Waals surface area contributed by atoms with Crippen molar-refractivity contribution in [1.82, 2.24) is 5.16 Å². The van der Waals surface area contributed by atoms with E-state index in [0.29, 0.717) is 28.4 Å². The van der Waals surface area contributed by atoms with Crippen molar-refractivity contribution >= 4 is 39.5 Å².